The van der Waals surface area contributed by atoms with Crippen LogP contribution in [0.25, 0.3) is 0 Å². The molecule has 0 aromatic carbocycles. The Morgan fingerprint density at radius 1 is 1.12 bits per heavy atom. The molecular weight excluding hydrogens is 263 g/mol. The van der Waals surface area contributed by atoms with Crippen LogP contribution in [-0.4, -0.2) is 9.97 Å². The summed E-state index contributed by atoms with van der Waals surface area (Å²) < 4.78 is 0. The van der Waals surface area contributed by atoms with Crippen molar-refractivity contribution >= 4 is 35.0 Å². The predicted octanol–water partition coefficient (Wildman–Crippen LogP) is 4.08. The smallest absolute Gasteiger partial charge is 0.133 e. The van der Waals surface area contributed by atoms with Gasteiger partial charge in [0.05, 0.1) is 10.0 Å². The van der Waals surface area contributed by atoms with Crippen LogP contribution in [0.5, 0.6) is 0 Å². The number of aromatic nitrogens is 2. The minimum absolute atomic E-state index is 0.545. The van der Waals surface area contributed by atoms with Crippen LogP contribution < -0.4 is 0 Å². The van der Waals surface area contributed by atoms with Crippen molar-refractivity contribution in [3.8, 4) is 0 Å². The lowest BCUT2D eigenvalue weighted by molar-refractivity contribution is 1.13. The second-order valence-corrected chi connectivity index (χ2v) is 4.85. The van der Waals surface area contributed by atoms with E-state index in [2.05, 4.69) is 9.97 Å². The largest absolute Gasteiger partial charge is 0.248 e. The molecule has 0 N–H and O–H groups in total. The van der Waals surface area contributed by atoms with E-state index in [-0.39, 0.29) is 0 Å². The average Bonchev–Trinajstić information content (AvgIpc) is 2.30. The number of halogens is 2. The number of pyridine rings is 2. The Morgan fingerprint density at radius 2 is 2.00 bits per heavy atom. The molecule has 2 nitrogen and oxygen atoms in total. The van der Waals surface area contributed by atoms with Crippen LogP contribution in [0.4, 0.5) is 0 Å². The number of hydrogen-bond donors (Lipinski definition) is 0. The van der Waals surface area contributed by atoms with Gasteiger partial charge in [-0.15, -0.1) is 11.8 Å². The van der Waals surface area contributed by atoms with E-state index >= 15 is 0 Å². The molecule has 5 heteroatoms. The first-order valence-electron chi connectivity index (χ1n) is 4.59. The number of nitrogens with zero attached hydrogens (tertiary/aromatic N) is 2. The number of thioether (sulfide) groups is 1. The molecule has 2 rings (SSSR count). The summed E-state index contributed by atoms with van der Waals surface area (Å²) in [6, 6.07) is 7.54. The molecule has 16 heavy (non-hydrogen) atoms. The van der Waals surface area contributed by atoms with Gasteiger partial charge in [0, 0.05) is 18.1 Å². The van der Waals surface area contributed by atoms with Crippen LogP contribution in [0.3, 0.4) is 0 Å². The predicted molar refractivity (Wildman–Crippen MR) is 68.1 cm³/mol. The van der Waals surface area contributed by atoms with Gasteiger partial charge >= 0.3 is 0 Å². The van der Waals surface area contributed by atoms with Crippen LogP contribution in [-0.2, 0) is 5.75 Å². The molecule has 2 aromatic heterocycles. The molecule has 0 spiro atoms. The Morgan fingerprint density at radius 3 is 2.69 bits per heavy atom. The van der Waals surface area contributed by atoms with E-state index in [0.29, 0.717) is 10.2 Å². The van der Waals surface area contributed by atoms with Crippen LogP contribution in [0.2, 0.25) is 10.2 Å². The molecule has 0 saturated heterocycles. The summed E-state index contributed by atoms with van der Waals surface area (Å²) in [5, 5.41) is 2.11. The highest BCUT2D eigenvalue weighted by Gasteiger charge is 2.02. The second-order valence-electron chi connectivity index (χ2n) is 3.06. The fourth-order valence-corrected chi connectivity index (χ4v) is 2.33. The zero-order chi connectivity index (χ0) is 11.4. The molecular formula is C11H8Cl2N2S. The normalized spacial score (nSPS) is 10.4. The monoisotopic (exact) mass is 270 g/mol. The third-order valence-corrected chi connectivity index (χ3v) is 3.47. The first-order valence-corrected chi connectivity index (χ1v) is 6.33. The van der Waals surface area contributed by atoms with Gasteiger partial charge in [-0.1, -0.05) is 29.3 Å². The molecule has 0 saturated carbocycles. The van der Waals surface area contributed by atoms with Crippen molar-refractivity contribution in [2.24, 2.45) is 0 Å². The fraction of sp³-hybridized carbons (Fsp3) is 0.0909. The average molecular weight is 271 g/mol. The van der Waals surface area contributed by atoms with Crippen molar-refractivity contribution in [2.75, 3.05) is 0 Å². The molecule has 0 fully saturated rings. The number of rotatable bonds is 3. The van der Waals surface area contributed by atoms with Gasteiger partial charge in [0.25, 0.3) is 0 Å². The molecule has 0 amide bonds. The second kappa shape index (κ2) is 5.53. The lowest BCUT2D eigenvalue weighted by Gasteiger charge is -2.02. The SMILES string of the molecule is Clc1ccc(SCc2cccnc2Cl)nc1. The van der Waals surface area contributed by atoms with Gasteiger partial charge in [-0.3, -0.25) is 0 Å². The summed E-state index contributed by atoms with van der Waals surface area (Å²) >= 11 is 13.3. The number of hydrogen-bond acceptors (Lipinski definition) is 3. The van der Waals surface area contributed by atoms with Crippen LogP contribution in [0, 0.1) is 0 Å². The maximum atomic E-state index is 5.95. The van der Waals surface area contributed by atoms with Crippen LogP contribution in [0.15, 0.2) is 41.7 Å². The van der Waals surface area contributed by atoms with Crippen molar-refractivity contribution in [3.63, 3.8) is 0 Å². The Labute approximate surface area is 108 Å². The lowest BCUT2D eigenvalue weighted by atomic mass is 10.3. The highest BCUT2D eigenvalue weighted by atomic mass is 35.5. The van der Waals surface area contributed by atoms with Crippen molar-refractivity contribution in [1.82, 2.24) is 9.97 Å². The van der Waals surface area contributed by atoms with Gasteiger partial charge in [0.2, 0.25) is 0 Å². The maximum absolute atomic E-state index is 5.95. The molecule has 0 atom stereocenters. The van der Waals surface area contributed by atoms with Crippen molar-refractivity contribution in [3.05, 3.63) is 52.4 Å². The van der Waals surface area contributed by atoms with Crippen LogP contribution in [0.1, 0.15) is 5.56 Å². The third-order valence-electron chi connectivity index (χ3n) is 1.91. The van der Waals surface area contributed by atoms with Crippen LogP contribution >= 0.6 is 35.0 Å². The molecule has 2 aromatic rings. The van der Waals surface area contributed by atoms with Crippen molar-refractivity contribution < 1.29 is 0 Å². The van der Waals surface area contributed by atoms with Gasteiger partial charge in [-0.05, 0) is 23.8 Å². The summed E-state index contributed by atoms with van der Waals surface area (Å²) in [6.45, 7) is 0. The summed E-state index contributed by atoms with van der Waals surface area (Å²) in [7, 11) is 0. The fourth-order valence-electron chi connectivity index (χ4n) is 1.13. The lowest BCUT2D eigenvalue weighted by Crippen LogP contribution is -1.86. The molecule has 0 aliphatic heterocycles. The van der Waals surface area contributed by atoms with E-state index in [0.717, 1.165) is 16.3 Å². The summed E-state index contributed by atoms with van der Waals surface area (Å²) in [4.78, 5) is 8.21. The third kappa shape index (κ3) is 3.11. The minimum atomic E-state index is 0.545. The minimum Gasteiger partial charge on any atom is -0.248 e. The topological polar surface area (TPSA) is 25.8 Å². The summed E-state index contributed by atoms with van der Waals surface area (Å²) in [6.07, 6.45) is 3.31. The Bertz CT molecular complexity index is 474. The van der Waals surface area contributed by atoms with Gasteiger partial charge in [0.1, 0.15) is 5.15 Å². The van der Waals surface area contributed by atoms with Crippen molar-refractivity contribution in [1.29, 1.82) is 0 Å². The molecule has 2 heterocycles. The van der Waals surface area contributed by atoms with E-state index in [9.17, 15) is 0 Å². The molecule has 0 bridgehead atoms. The molecule has 0 aliphatic carbocycles. The molecule has 0 unspecified atom stereocenters. The molecule has 82 valence electrons. The van der Waals surface area contributed by atoms with E-state index in [4.69, 9.17) is 23.2 Å². The van der Waals surface area contributed by atoms with E-state index < -0.39 is 0 Å². The van der Waals surface area contributed by atoms with Gasteiger partial charge < -0.3 is 0 Å². The van der Waals surface area contributed by atoms with E-state index in [1.54, 1.807) is 24.2 Å². The summed E-state index contributed by atoms with van der Waals surface area (Å²) in [5.74, 6) is 0.751. The zero-order valence-electron chi connectivity index (χ0n) is 8.23. The Hall–Kier alpha value is -0.770. The first-order chi connectivity index (χ1) is 7.75. The molecule has 0 radical (unpaired) electrons. The summed E-state index contributed by atoms with van der Waals surface area (Å²) in [5.41, 5.74) is 1.01. The zero-order valence-corrected chi connectivity index (χ0v) is 10.6. The van der Waals surface area contributed by atoms with E-state index in [1.807, 2.05) is 24.3 Å². The van der Waals surface area contributed by atoms with Gasteiger partial charge in [-0.2, -0.15) is 0 Å². The highest BCUT2D eigenvalue weighted by Crippen LogP contribution is 2.24. The standard InChI is InChI=1S/C11H8Cl2N2S/c12-9-3-4-10(15-6-9)16-7-8-2-1-5-14-11(8)13/h1-6H,7H2. The highest BCUT2D eigenvalue weighted by molar-refractivity contribution is 7.98. The first kappa shape index (κ1) is 11.7. The Kier molecular flexibility index (Phi) is 4.04. The quantitative estimate of drug-likeness (QED) is 0.621. The molecule has 0 aliphatic rings. The van der Waals surface area contributed by atoms with Gasteiger partial charge in [0.15, 0.2) is 0 Å². The Balaban J connectivity index is 2.02. The van der Waals surface area contributed by atoms with Crippen molar-refractivity contribution in [2.45, 2.75) is 10.8 Å². The van der Waals surface area contributed by atoms with E-state index in [1.165, 1.54) is 0 Å². The maximum Gasteiger partial charge on any atom is 0.133 e. The van der Waals surface area contributed by atoms with Gasteiger partial charge in [-0.25, -0.2) is 9.97 Å².